The molecule has 0 aliphatic carbocycles. The predicted octanol–water partition coefficient (Wildman–Crippen LogP) is 2.59. The molecule has 0 bridgehead atoms. The topological polar surface area (TPSA) is 104 Å². The minimum absolute atomic E-state index is 0.0589. The number of benzene rings is 1. The van der Waals surface area contributed by atoms with Crippen LogP contribution in [0.2, 0.25) is 0 Å². The van der Waals surface area contributed by atoms with E-state index in [1.54, 1.807) is 36.7 Å². The van der Waals surface area contributed by atoms with Crippen LogP contribution in [0.5, 0.6) is 0 Å². The lowest BCUT2D eigenvalue weighted by atomic mass is 10.2. The van der Waals surface area contributed by atoms with Crippen LogP contribution in [0.1, 0.15) is 16.1 Å². The van der Waals surface area contributed by atoms with Crippen molar-refractivity contribution in [2.24, 2.45) is 0 Å². The lowest BCUT2D eigenvalue weighted by molar-refractivity contribution is 0.0946. The zero-order valence-corrected chi connectivity index (χ0v) is 13.6. The number of pyridine rings is 1. The number of amides is 1. The first-order valence-electron chi connectivity index (χ1n) is 7.77. The molecule has 0 saturated carbocycles. The van der Waals surface area contributed by atoms with E-state index in [0.717, 1.165) is 5.56 Å². The number of carbonyl (C=O) groups excluding carboxylic acids is 1. The number of anilines is 1. The van der Waals surface area contributed by atoms with Gasteiger partial charge in [-0.15, -0.1) is 0 Å². The number of halogens is 1. The molecular weight excluding hydrogens is 337 g/mol. The molecule has 3 aromatic rings. The maximum absolute atomic E-state index is 13.5. The Hall–Kier alpha value is -3.73. The smallest absolute Gasteiger partial charge is 0.273 e. The summed E-state index contributed by atoms with van der Waals surface area (Å²) in [5.41, 5.74) is 1.18. The summed E-state index contributed by atoms with van der Waals surface area (Å²) >= 11 is 0. The third-order valence-electron chi connectivity index (χ3n) is 3.54. The quantitative estimate of drug-likeness (QED) is 0.662. The Balaban J connectivity index is 1.53. The number of nitriles is 1. The van der Waals surface area contributed by atoms with Crippen LogP contribution in [0, 0.1) is 17.1 Å². The number of hydrogen-bond acceptors (Lipinski definition) is 6. The molecule has 1 amide bonds. The van der Waals surface area contributed by atoms with Crippen LogP contribution in [-0.2, 0) is 0 Å². The van der Waals surface area contributed by atoms with Crippen molar-refractivity contribution >= 4 is 11.6 Å². The third-order valence-corrected chi connectivity index (χ3v) is 3.54. The molecule has 0 saturated heterocycles. The van der Waals surface area contributed by atoms with Crippen molar-refractivity contribution in [1.29, 1.82) is 5.26 Å². The highest BCUT2D eigenvalue weighted by molar-refractivity contribution is 5.93. The number of aromatic nitrogens is 2. The highest BCUT2D eigenvalue weighted by Gasteiger charge is 2.13. The number of rotatable bonds is 6. The fourth-order valence-corrected chi connectivity index (χ4v) is 2.28. The van der Waals surface area contributed by atoms with E-state index in [2.05, 4.69) is 20.8 Å². The minimum atomic E-state index is -0.591. The summed E-state index contributed by atoms with van der Waals surface area (Å²) in [6, 6.07) is 11.2. The van der Waals surface area contributed by atoms with E-state index in [1.807, 2.05) is 0 Å². The summed E-state index contributed by atoms with van der Waals surface area (Å²) in [6.45, 7) is 0.576. The molecule has 1 aromatic carbocycles. The average Bonchev–Trinajstić information content (AvgIpc) is 3.16. The zero-order chi connectivity index (χ0) is 18.4. The standard InChI is InChI=1S/C18H14FN5O2/c19-14-4-1-5-15(13(14)10-20)22-7-8-23-18(25)16-9-17(26-24-16)12-3-2-6-21-11-12/h1-6,9,11,22H,7-8H2,(H,23,25). The molecule has 7 nitrogen and oxygen atoms in total. The predicted molar refractivity (Wildman–Crippen MR) is 91.7 cm³/mol. The summed E-state index contributed by atoms with van der Waals surface area (Å²) in [7, 11) is 0. The molecule has 130 valence electrons. The van der Waals surface area contributed by atoms with E-state index >= 15 is 0 Å². The van der Waals surface area contributed by atoms with Crippen LogP contribution < -0.4 is 10.6 Å². The largest absolute Gasteiger partial charge is 0.382 e. The Bertz CT molecular complexity index is 950. The Kier molecular flexibility index (Phi) is 5.19. The molecule has 0 atom stereocenters. The normalized spacial score (nSPS) is 10.2. The Morgan fingerprint density at radius 3 is 2.92 bits per heavy atom. The van der Waals surface area contributed by atoms with Crippen molar-refractivity contribution in [3.63, 3.8) is 0 Å². The van der Waals surface area contributed by atoms with Crippen LogP contribution in [-0.4, -0.2) is 29.1 Å². The van der Waals surface area contributed by atoms with E-state index in [1.165, 1.54) is 18.2 Å². The van der Waals surface area contributed by atoms with Gasteiger partial charge < -0.3 is 15.2 Å². The van der Waals surface area contributed by atoms with E-state index in [4.69, 9.17) is 9.78 Å². The van der Waals surface area contributed by atoms with Gasteiger partial charge in [-0.3, -0.25) is 9.78 Å². The van der Waals surface area contributed by atoms with Crippen LogP contribution in [0.4, 0.5) is 10.1 Å². The SMILES string of the molecule is N#Cc1c(F)cccc1NCCNC(=O)c1cc(-c2cccnc2)on1. The Morgan fingerprint density at radius 1 is 1.27 bits per heavy atom. The fraction of sp³-hybridized carbons (Fsp3) is 0.111. The van der Waals surface area contributed by atoms with Gasteiger partial charge in [-0.1, -0.05) is 11.2 Å². The molecular formula is C18H14FN5O2. The molecule has 26 heavy (non-hydrogen) atoms. The molecule has 3 rings (SSSR count). The third kappa shape index (κ3) is 3.84. The molecule has 0 unspecified atom stereocenters. The van der Waals surface area contributed by atoms with Crippen LogP contribution in [0.25, 0.3) is 11.3 Å². The van der Waals surface area contributed by atoms with Gasteiger partial charge in [0.05, 0.1) is 5.69 Å². The second-order valence-corrected chi connectivity index (χ2v) is 5.27. The highest BCUT2D eigenvalue weighted by atomic mass is 19.1. The van der Waals surface area contributed by atoms with Crippen LogP contribution in [0.3, 0.4) is 0 Å². The van der Waals surface area contributed by atoms with Crippen molar-refractivity contribution in [2.75, 3.05) is 18.4 Å². The molecule has 0 radical (unpaired) electrons. The Labute approximate surface area is 148 Å². The first-order chi connectivity index (χ1) is 12.7. The summed E-state index contributed by atoms with van der Waals surface area (Å²) in [5.74, 6) is -0.544. The van der Waals surface area contributed by atoms with Crippen molar-refractivity contribution in [3.8, 4) is 17.4 Å². The van der Waals surface area contributed by atoms with Gasteiger partial charge in [0.15, 0.2) is 11.5 Å². The van der Waals surface area contributed by atoms with Crippen molar-refractivity contribution in [3.05, 3.63) is 65.9 Å². The van der Waals surface area contributed by atoms with Gasteiger partial charge in [-0.05, 0) is 24.3 Å². The van der Waals surface area contributed by atoms with Gasteiger partial charge in [-0.2, -0.15) is 5.26 Å². The first kappa shape index (κ1) is 17.1. The average molecular weight is 351 g/mol. The monoisotopic (exact) mass is 351 g/mol. The molecule has 2 N–H and O–H groups in total. The number of carbonyl (C=O) groups is 1. The molecule has 0 aliphatic heterocycles. The minimum Gasteiger partial charge on any atom is -0.382 e. The Morgan fingerprint density at radius 2 is 2.15 bits per heavy atom. The summed E-state index contributed by atoms with van der Waals surface area (Å²) in [5, 5.41) is 18.3. The van der Waals surface area contributed by atoms with Crippen molar-refractivity contribution in [1.82, 2.24) is 15.5 Å². The van der Waals surface area contributed by atoms with Crippen molar-refractivity contribution < 1.29 is 13.7 Å². The second kappa shape index (κ2) is 7.90. The lowest BCUT2D eigenvalue weighted by Crippen LogP contribution is -2.29. The van der Waals surface area contributed by atoms with E-state index in [0.29, 0.717) is 18.0 Å². The maximum Gasteiger partial charge on any atom is 0.273 e. The fourth-order valence-electron chi connectivity index (χ4n) is 2.28. The molecule has 0 spiro atoms. The zero-order valence-electron chi connectivity index (χ0n) is 13.6. The summed E-state index contributed by atoms with van der Waals surface area (Å²) in [4.78, 5) is 16.1. The molecule has 2 heterocycles. The highest BCUT2D eigenvalue weighted by Crippen LogP contribution is 2.19. The second-order valence-electron chi connectivity index (χ2n) is 5.27. The molecule has 0 fully saturated rings. The summed E-state index contributed by atoms with van der Waals surface area (Å²) in [6.07, 6.45) is 3.24. The number of nitrogens with one attached hydrogen (secondary N) is 2. The van der Waals surface area contributed by atoms with Gasteiger partial charge in [-0.25, -0.2) is 4.39 Å². The van der Waals surface area contributed by atoms with Gasteiger partial charge in [0.25, 0.3) is 5.91 Å². The van der Waals surface area contributed by atoms with Gasteiger partial charge >= 0.3 is 0 Å². The molecule has 8 heteroatoms. The maximum atomic E-state index is 13.5. The van der Waals surface area contributed by atoms with Crippen LogP contribution >= 0.6 is 0 Å². The van der Waals surface area contributed by atoms with E-state index in [-0.39, 0.29) is 17.8 Å². The van der Waals surface area contributed by atoms with Gasteiger partial charge in [0, 0.05) is 37.1 Å². The number of hydrogen-bond donors (Lipinski definition) is 2. The molecule has 2 aromatic heterocycles. The van der Waals surface area contributed by atoms with Crippen LogP contribution in [0.15, 0.2) is 53.3 Å². The molecule has 0 aliphatic rings. The van der Waals surface area contributed by atoms with Gasteiger partial charge in [0.1, 0.15) is 17.4 Å². The van der Waals surface area contributed by atoms with E-state index < -0.39 is 11.7 Å². The lowest BCUT2D eigenvalue weighted by Gasteiger charge is -2.08. The first-order valence-corrected chi connectivity index (χ1v) is 7.77. The van der Waals surface area contributed by atoms with Gasteiger partial charge in [0.2, 0.25) is 0 Å². The number of nitrogens with zero attached hydrogens (tertiary/aromatic N) is 3. The summed E-state index contributed by atoms with van der Waals surface area (Å²) < 4.78 is 18.6. The van der Waals surface area contributed by atoms with Crippen molar-refractivity contribution in [2.45, 2.75) is 0 Å². The van der Waals surface area contributed by atoms with E-state index in [9.17, 15) is 9.18 Å².